The minimum atomic E-state index is -0.642. The second-order valence-corrected chi connectivity index (χ2v) is 10.3. The van der Waals surface area contributed by atoms with E-state index in [9.17, 15) is 14.7 Å². The molecule has 1 aliphatic heterocycles. The zero-order chi connectivity index (χ0) is 26.8. The Bertz CT molecular complexity index is 1500. The molecule has 0 spiro atoms. The fourth-order valence-corrected chi connectivity index (χ4v) is 5.14. The zero-order valence-corrected chi connectivity index (χ0v) is 22.1. The molecule has 196 valence electrons. The molecule has 2 aromatic carbocycles. The summed E-state index contributed by atoms with van der Waals surface area (Å²) in [7, 11) is 3.39. The van der Waals surface area contributed by atoms with Crippen molar-refractivity contribution in [1.82, 2.24) is 24.8 Å². The summed E-state index contributed by atoms with van der Waals surface area (Å²) in [6.45, 7) is 0.218. The van der Waals surface area contributed by atoms with Crippen LogP contribution in [0.2, 0.25) is 5.15 Å². The fraction of sp³-hybridized carbons (Fsp3) is 0.310. The lowest BCUT2D eigenvalue weighted by Crippen LogP contribution is -2.35. The predicted molar refractivity (Wildman–Crippen MR) is 147 cm³/mol. The molecule has 1 aliphatic rings. The molecule has 3 heterocycles. The van der Waals surface area contributed by atoms with Crippen LogP contribution in [0.1, 0.15) is 46.3 Å². The number of carbonyl (C=O) groups is 1. The van der Waals surface area contributed by atoms with Gasteiger partial charge < -0.3 is 15.3 Å². The number of benzene rings is 2. The summed E-state index contributed by atoms with van der Waals surface area (Å²) >= 11 is 5.86. The molecule has 0 saturated carbocycles. The van der Waals surface area contributed by atoms with Crippen LogP contribution in [-0.4, -0.2) is 49.6 Å². The smallest absolute Gasteiger partial charge is 0.261 e. The van der Waals surface area contributed by atoms with Crippen LogP contribution >= 0.6 is 11.6 Å². The number of aliphatic hydroxyl groups is 1. The highest BCUT2D eigenvalue weighted by molar-refractivity contribution is 6.29. The number of rotatable bonds is 7. The molecule has 1 amide bonds. The summed E-state index contributed by atoms with van der Waals surface area (Å²) in [4.78, 5) is 36.0. The van der Waals surface area contributed by atoms with E-state index >= 15 is 0 Å². The molecule has 2 N–H and O–H groups in total. The third kappa shape index (κ3) is 5.48. The maximum absolute atomic E-state index is 13.1. The molecule has 0 radical (unpaired) electrons. The third-order valence-electron chi connectivity index (χ3n) is 7.23. The Morgan fingerprint density at radius 3 is 2.66 bits per heavy atom. The van der Waals surface area contributed by atoms with Gasteiger partial charge in [0.15, 0.2) is 0 Å². The summed E-state index contributed by atoms with van der Waals surface area (Å²) in [6.07, 6.45) is 3.59. The first kappa shape index (κ1) is 26.0. The van der Waals surface area contributed by atoms with E-state index < -0.39 is 6.10 Å². The molecule has 1 saturated heterocycles. The minimum Gasteiger partial charge on any atom is -0.387 e. The maximum atomic E-state index is 13.1. The lowest BCUT2D eigenvalue weighted by molar-refractivity contribution is 0.0780. The van der Waals surface area contributed by atoms with Crippen LogP contribution in [0.5, 0.6) is 0 Å². The van der Waals surface area contributed by atoms with E-state index in [4.69, 9.17) is 11.6 Å². The van der Waals surface area contributed by atoms with Gasteiger partial charge in [-0.25, -0.2) is 9.97 Å². The quantitative estimate of drug-likeness (QED) is 0.353. The van der Waals surface area contributed by atoms with Gasteiger partial charge in [-0.1, -0.05) is 41.9 Å². The molecule has 0 aliphatic carbocycles. The van der Waals surface area contributed by atoms with Crippen molar-refractivity contribution in [2.24, 2.45) is 7.05 Å². The van der Waals surface area contributed by atoms with Gasteiger partial charge in [-0.15, -0.1) is 0 Å². The Morgan fingerprint density at radius 2 is 1.92 bits per heavy atom. The van der Waals surface area contributed by atoms with Gasteiger partial charge in [0.1, 0.15) is 11.0 Å². The zero-order valence-electron chi connectivity index (χ0n) is 21.3. The molecule has 0 bridgehead atoms. The average molecular weight is 532 g/mol. The molecular formula is C29H30ClN5O3. The molecule has 3 atom stereocenters. The Kier molecular flexibility index (Phi) is 7.56. The Hall–Kier alpha value is -3.59. The van der Waals surface area contributed by atoms with Crippen molar-refractivity contribution in [2.45, 2.75) is 44.0 Å². The number of nitrogens with one attached hydrogen (secondary N) is 1. The summed E-state index contributed by atoms with van der Waals surface area (Å²) in [6, 6.07) is 18.5. The van der Waals surface area contributed by atoms with Crippen molar-refractivity contribution in [3.63, 3.8) is 0 Å². The van der Waals surface area contributed by atoms with Gasteiger partial charge >= 0.3 is 0 Å². The molecule has 38 heavy (non-hydrogen) atoms. The molecule has 1 fully saturated rings. The summed E-state index contributed by atoms with van der Waals surface area (Å²) < 4.78 is 1.50. The predicted octanol–water partition coefficient (Wildman–Crippen LogP) is 3.65. The minimum absolute atomic E-state index is 0.0443. The van der Waals surface area contributed by atoms with E-state index in [0.29, 0.717) is 27.4 Å². The van der Waals surface area contributed by atoms with Crippen molar-refractivity contribution in [1.29, 1.82) is 0 Å². The molecule has 2 aromatic heterocycles. The Balaban J connectivity index is 1.19. The highest BCUT2D eigenvalue weighted by atomic mass is 35.5. The first-order chi connectivity index (χ1) is 18.3. The van der Waals surface area contributed by atoms with Crippen LogP contribution in [0.4, 0.5) is 0 Å². The maximum Gasteiger partial charge on any atom is 0.261 e. The second kappa shape index (κ2) is 11.0. The number of carbonyl (C=O) groups excluding carboxylic acids is 1. The number of aliphatic hydroxyl groups excluding tert-OH is 1. The molecule has 1 unspecified atom stereocenters. The average Bonchev–Trinajstić information content (AvgIpc) is 3.40. The van der Waals surface area contributed by atoms with E-state index in [0.717, 1.165) is 30.4 Å². The molecule has 8 nitrogen and oxygen atoms in total. The van der Waals surface area contributed by atoms with Crippen LogP contribution in [-0.2, 0) is 20.0 Å². The van der Waals surface area contributed by atoms with Crippen molar-refractivity contribution in [2.75, 3.05) is 7.05 Å². The lowest BCUT2D eigenvalue weighted by atomic mass is 10.0. The van der Waals surface area contributed by atoms with Gasteiger partial charge in [0.2, 0.25) is 0 Å². The van der Waals surface area contributed by atoms with Crippen molar-refractivity contribution in [3.8, 4) is 0 Å². The van der Waals surface area contributed by atoms with E-state index in [1.54, 1.807) is 49.5 Å². The Labute approximate surface area is 225 Å². The number of aromatic nitrogens is 3. The van der Waals surface area contributed by atoms with E-state index in [-0.39, 0.29) is 30.1 Å². The number of halogens is 1. The number of amides is 1. The molecule has 9 heteroatoms. The summed E-state index contributed by atoms with van der Waals surface area (Å²) in [5.41, 5.74) is 2.93. The standard InChI is InChI=1S/C29H30ClN5O3/c1-34(17-26-33-23-6-4-3-5-22(23)29(38)35(26)2)28(37)19-9-7-18(8-10-19)15-21-12-13-24(32-21)27(36)20-11-14-25(30)31-16-20/h3-11,14,16,21,24,27,32,36H,12-13,15,17H2,1-2H3/t21-,24+,27?/m0/s1. The first-order valence-corrected chi connectivity index (χ1v) is 13.0. The van der Waals surface area contributed by atoms with Gasteiger partial charge in [0.25, 0.3) is 11.5 Å². The molecular weight excluding hydrogens is 502 g/mol. The number of para-hydroxylation sites is 1. The molecule has 4 aromatic rings. The number of hydrogen-bond acceptors (Lipinski definition) is 6. The fourth-order valence-electron chi connectivity index (χ4n) is 5.03. The van der Waals surface area contributed by atoms with Gasteiger partial charge in [-0.3, -0.25) is 14.2 Å². The second-order valence-electron chi connectivity index (χ2n) is 9.88. The van der Waals surface area contributed by atoms with Crippen LogP contribution in [0.15, 0.2) is 71.7 Å². The monoisotopic (exact) mass is 531 g/mol. The number of nitrogens with zero attached hydrogens (tertiary/aromatic N) is 4. The van der Waals surface area contributed by atoms with Crippen molar-refractivity contribution >= 4 is 28.4 Å². The lowest BCUT2D eigenvalue weighted by Gasteiger charge is -2.20. The van der Waals surface area contributed by atoms with Gasteiger partial charge in [-0.2, -0.15) is 0 Å². The largest absolute Gasteiger partial charge is 0.387 e. The van der Waals surface area contributed by atoms with Crippen LogP contribution < -0.4 is 10.9 Å². The van der Waals surface area contributed by atoms with Gasteiger partial charge in [-0.05, 0) is 55.2 Å². The van der Waals surface area contributed by atoms with E-state index in [2.05, 4.69) is 15.3 Å². The number of pyridine rings is 1. The van der Waals surface area contributed by atoms with E-state index in [1.165, 1.54) is 4.57 Å². The van der Waals surface area contributed by atoms with E-state index in [1.807, 2.05) is 36.4 Å². The van der Waals surface area contributed by atoms with Gasteiger partial charge in [0, 0.05) is 43.5 Å². The Morgan fingerprint density at radius 1 is 1.16 bits per heavy atom. The SMILES string of the molecule is CN(Cc1nc2ccccc2c(=O)n1C)C(=O)c1ccc(C[C@@H]2CC[C@H](C(O)c3ccc(Cl)nc3)N2)cc1. The highest BCUT2D eigenvalue weighted by Crippen LogP contribution is 2.27. The third-order valence-corrected chi connectivity index (χ3v) is 7.46. The number of fused-ring (bicyclic) bond motifs is 1. The highest BCUT2D eigenvalue weighted by Gasteiger charge is 2.30. The van der Waals surface area contributed by atoms with Gasteiger partial charge in [0.05, 0.1) is 23.6 Å². The van der Waals surface area contributed by atoms with Crippen molar-refractivity contribution in [3.05, 3.63) is 105 Å². The van der Waals surface area contributed by atoms with Crippen LogP contribution in [0.3, 0.4) is 0 Å². The van der Waals surface area contributed by atoms with Crippen LogP contribution in [0, 0.1) is 0 Å². The first-order valence-electron chi connectivity index (χ1n) is 12.6. The van der Waals surface area contributed by atoms with Crippen molar-refractivity contribution < 1.29 is 9.90 Å². The van der Waals surface area contributed by atoms with Crippen LogP contribution in [0.25, 0.3) is 10.9 Å². The molecule has 5 rings (SSSR count). The summed E-state index contributed by atoms with van der Waals surface area (Å²) in [5, 5.41) is 15.2. The summed E-state index contributed by atoms with van der Waals surface area (Å²) in [5.74, 6) is 0.386. The normalized spacial score (nSPS) is 18.0. The number of hydrogen-bond donors (Lipinski definition) is 2. The topological polar surface area (TPSA) is 100 Å².